The smallest absolute Gasteiger partial charge is 0.229 e. The van der Waals surface area contributed by atoms with Crippen LogP contribution in [-0.2, 0) is 25.6 Å². The van der Waals surface area contributed by atoms with E-state index in [1.165, 1.54) is 19.2 Å². The molecular formula is C21H19Cl2NO5S2. The molecule has 10 heteroatoms. The summed E-state index contributed by atoms with van der Waals surface area (Å²) < 4.78 is 57.7. The SMILES string of the molecule is COc1ccc(-c2ccccc2)cc1CS(=O)(=O)c1cc(Cl)cc(Cl)c1NS(C)(=O)=O. The van der Waals surface area contributed by atoms with Crippen molar-refractivity contribution in [3.05, 3.63) is 76.3 Å². The Morgan fingerprint density at radius 2 is 1.58 bits per heavy atom. The van der Waals surface area contributed by atoms with Crippen molar-refractivity contribution < 1.29 is 21.6 Å². The first-order valence-corrected chi connectivity index (χ1v) is 13.2. The fraction of sp³-hybridized carbons (Fsp3) is 0.143. The third-order valence-corrected chi connectivity index (χ3v) is 7.15. The molecule has 0 aliphatic heterocycles. The molecule has 0 spiro atoms. The van der Waals surface area contributed by atoms with Crippen LogP contribution in [0, 0.1) is 0 Å². The maximum absolute atomic E-state index is 13.3. The van der Waals surface area contributed by atoms with E-state index in [0.717, 1.165) is 17.4 Å². The maximum atomic E-state index is 13.3. The Labute approximate surface area is 191 Å². The van der Waals surface area contributed by atoms with Crippen molar-refractivity contribution in [3.8, 4) is 16.9 Å². The largest absolute Gasteiger partial charge is 0.496 e. The summed E-state index contributed by atoms with van der Waals surface area (Å²) in [6, 6.07) is 17.1. The molecule has 3 aromatic rings. The van der Waals surface area contributed by atoms with Crippen LogP contribution in [-0.4, -0.2) is 30.2 Å². The molecule has 0 saturated carbocycles. The lowest BCUT2D eigenvalue weighted by molar-refractivity contribution is 0.411. The van der Waals surface area contributed by atoms with Crippen LogP contribution in [0.25, 0.3) is 11.1 Å². The highest BCUT2D eigenvalue weighted by Crippen LogP contribution is 2.37. The van der Waals surface area contributed by atoms with E-state index in [-0.39, 0.29) is 20.6 Å². The molecule has 0 saturated heterocycles. The molecule has 164 valence electrons. The fourth-order valence-electron chi connectivity index (χ4n) is 3.06. The predicted molar refractivity (Wildman–Crippen MR) is 124 cm³/mol. The van der Waals surface area contributed by atoms with Gasteiger partial charge in [-0.3, -0.25) is 4.72 Å². The number of rotatable bonds is 7. The van der Waals surface area contributed by atoms with E-state index in [1.54, 1.807) is 12.1 Å². The number of nitrogens with one attached hydrogen (secondary N) is 1. The Morgan fingerprint density at radius 3 is 2.19 bits per heavy atom. The van der Waals surface area contributed by atoms with Crippen molar-refractivity contribution in [2.45, 2.75) is 10.6 Å². The second kappa shape index (κ2) is 9.08. The summed E-state index contributed by atoms with van der Waals surface area (Å²) in [5.74, 6) is -0.0691. The average Bonchev–Trinajstić information content (AvgIpc) is 2.69. The molecule has 0 aliphatic carbocycles. The Morgan fingerprint density at radius 1 is 0.903 bits per heavy atom. The molecule has 6 nitrogen and oxygen atoms in total. The number of ether oxygens (including phenoxy) is 1. The second-order valence-electron chi connectivity index (χ2n) is 6.79. The molecule has 0 bridgehead atoms. The van der Waals surface area contributed by atoms with Gasteiger partial charge in [0.25, 0.3) is 0 Å². The molecule has 0 aliphatic rings. The number of anilines is 1. The Balaban J connectivity index is 2.11. The fourth-order valence-corrected chi connectivity index (χ4v) is 6.01. The molecule has 0 amide bonds. The standard InChI is InChI=1S/C21H19Cl2NO5S2/c1-29-19-9-8-15(14-6-4-3-5-7-14)10-16(19)13-31(27,28)20-12-17(22)11-18(23)21(20)24-30(2,25)26/h3-12,24H,13H2,1-2H3. The Kier molecular flexibility index (Phi) is 6.85. The van der Waals surface area contributed by atoms with Gasteiger partial charge >= 0.3 is 0 Å². The summed E-state index contributed by atoms with van der Waals surface area (Å²) in [5.41, 5.74) is 1.89. The number of hydrogen-bond donors (Lipinski definition) is 1. The molecule has 0 heterocycles. The molecule has 3 rings (SSSR count). The lowest BCUT2D eigenvalue weighted by Gasteiger charge is -2.16. The van der Waals surface area contributed by atoms with E-state index in [1.807, 2.05) is 36.4 Å². The third kappa shape index (κ3) is 5.71. The highest BCUT2D eigenvalue weighted by atomic mass is 35.5. The van der Waals surface area contributed by atoms with Gasteiger partial charge in [-0.05, 0) is 35.4 Å². The lowest BCUT2D eigenvalue weighted by Crippen LogP contribution is -2.15. The molecule has 31 heavy (non-hydrogen) atoms. The van der Waals surface area contributed by atoms with Gasteiger partial charge in [-0.2, -0.15) is 0 Å². The van der Waals surface area contributed by atoms with Gasteiger partial charge in [0.15, 0.2) is 9.84 Å². The van der Waals surface area contributed by atoms with Crippen LogP contribution in [0.15, 0.2) is 65.6 Å². The van der Waals surface area contributed by atoms with Crippen LogP contribution in [0.1, 0.15) is 5.56 Å². The van der Waals surface area contributed by atoms with Crippen LogP contribution >= 0.6 is 23.2 Å². The summed E-state index contributed by atoms with van der Waals surface area (Å²) >= 11 is 12.1. The Hall–Kier alpha value is -2.26. The minimum absolute atomic E-state index is 0.0626. The van der Waals surface area contributed by atoms with E-state index < -0.39 is 25.6 Å². The first-order chi connectivity index (χ1) is 14.5. The van der Waals surface area contributed by atoms with Gasteiger partial charge in [-0.25, -0.2) is 16.8 Å². The minimum Gasteiger partial charge on any atom is -0.496 e. The van der Waals surface area contributed by atoms with Crippen molar-refractivity contribution in [1.29, 1.82) is 0 Å². The topological polar surface area (TPSA) is 89.5 Å². The molecule has 0 unspecified atom stereocenters. The quantitative estimate of drug-likeness (QED) is 0.493. The molecule has 0 atom stereocenters. The summed E-state index contributed by atoms with van der Waals surface area (Å²) in [4.78, 5) is -0.317. The zero-order chi connectivity index (χ0) is 22.8. The number of halogens is 2. The van der Waals surface area contributed by atoms with Crippen molar-refractivity contribution in [2.75, 3.05) is 18.1 Å². The van der Waals surface area contributed by atoms with Crippen LogP contribution in [0.4, 0.5) is 5.69 Å². The van der Waals surface area contributed by atoms with E-state index in [4.69, 9.17) is 27.9 Å². The first-order valence-electron chi connectivity index (χ1n) is 8.92. The zero-order valence-electron chi connectivity index (χ0n) is 16.6. The summed E-state index contributed by atoms with van der Waals surface area (Å²) in [7, 11) is -6.41. The van der Waals surface area contributed by atoms with Crippen LogP contribution in [0.2, 0.25) is 10.0 Å². The molecule has 1 N–H and O–H groups in total. The molecular weight excluding hydrogens is 481 g/mol. The lowest BCUT2D eigenvalue weighted by atomic mass is 10.0. The van der Waals surface area contributed by atoms with Gasteiger partial charge in [0.1, 0.15) is 5.75 Å². The monoisotopic (exact) mass is 499 g/mol. The van der Waals surface area contributed by atoms with Crippen molar-refractivity contribution in [2.24, 2.45) is 0 Å². The molecule has 0 aromatic heterocycles. The Bertz CT molecular complexity index is 1330. The van der Waals surface area contributed by atoms with Gasteiger partial charge in [0, 0.05) is 10.6 Å². The van der Waals surface area contributed by atoms with Gasteiger partial charge in [0.05, 0.1) is 34.7 Å². The summed E-state index contributed by atoms with van der Waals surface area (Å²) in [6.45, 7) is 0. The first kappa shape index (κ1) is 23.4. The van der Waals surface area contributed by atoms with E-state index in [9.17, 15) is 16.8 Å². The highest BCUT2D eigenvalue weighted by molar-refractivity contribution is 7.92. The van der Waals surface area contributed by atoms with E-state index in [2.05, 4.69) is 4.72 Å². The van der Waals surface area contributed by atoms with Gasteiger partial charge in [-0.15, -0.1) is 0 Å². The molecule has 0 fully saturated rings. The van der Waals surface area contributed by atoms with Gasteiger partial charge in [-0.1, -0.05) is 59.6 Å². The van der Waals surface area contributed by atoms with Crippen molar-refractivity contribution in [3.63, 3.8) is 0 Å². The number of sulfonamides is 1. The van der Waals surface area contributed by atoms with Crippen LogP contribution in [0.3, 0.4) is 0 Å². The van der Waals surface area contributed by atoms with Crippen LogP contribution in [0.5, 0.6) is 5.75 Å². The maximum Gasteiger partial charge on any atom is 0.229 e. The summed E-state index contributed by atoms with van der Waals surface area (Å²) in [6.07, 6.45) is 0.903. The third-order valence-electron chi connectivity index (χ3n) is 4.37. The van der Waals surface area contributed by atoms with E-state index in [0.29, 0.717) is 11.3 Å². The highest BCUT2D eigenvalue weighted by Gasteiger charge is 2.26. The number of hydrogen-bond acceptors (Lipinski definition) is 5. The predicted octanol–water partition coefficient (Wildman–Crippen LogP) is 5.01. The summed E-state index contributed by atoms with van der Waals surface area (Å²) in [5, 5.41) is -0.0610. The minimum atomic E-state index is -4.07. The number of sulfone groups is 1. The van der Waals surface area contributed by atoms with Crippen LogP contribution < -0.4 is 9.46 Å². The van der Waals surface area contributed by atoms with Gasteiger partial charge in [0.2, 0.25) is 10.0 Å². The average molecular weight is 500 g/mol. The normalized spacial score (nSPS) is 11.9. The van der Waals surface area contributed by atoms with Crippen molar-refractivity contribution in [1.82, 2.24) is 0 Å². The second-order valence-corrected chi connectivity index (χ2v) is 11.3. The van der Waals surface area contributed by atoms with Gasteiger partial charge < -0.3 is 4.74 Å². The number of methoxy groups -OCH3 is 1. The van der Waals surface area contributed by atoms with Crippen molar-refractivity contribution >= 4 is 48.7 Å². The number of benzene rings is 3. The van der Waals surface area contributed by atoms with E-state index >= 15 is 0 Å². The zero-order valence-corrected chi connectivity index (χ0v) is 19.7. The molecule has 0 radical (unpaired) electrons. The molecule has 3 aromatic carbocycles.